The quantitative estimate of drug-likeness (QED) is 0.769. The Kier molecular flexibility index (Phi) is 4.93. The first-order valence-corrected chi connectivity index (χ1v) is 6.12. The van der Waals surface area contributed by atoms with Crippen LogP contribution in [0.2, 0.25) is 0 Å². The number of likely N-dealkylation sites (N-methyl/N-ethyl adjacent to an activating group) is 1. The number of carbonyl (C=O) groups is 2. The topological polar surface area (TPSA) is 60.9 Å². The summed E-state index contributed by atoms with van der Waals surface area (Å²) < 4.78 is 0. The lowest BCUT2D eigenvalue weighted by atomic mass is 10.0. The lowest BCUT2D eigenvalue weighted by molar-refractivity contribution is -0.142. The van der Waals surface area contributed by atoms with Gasteiger partial charge in [-0.2, -0.15) is 0 Å². The molecule has 0 bridgehead atoms. The monoisotopic (exact) mass is 242 g/mol. The van der Waals surface area contributed by atoms with Gasteiger partial charge in [0.05, 0.1) is 6.04 Å². The van der Waals surface area contributed by atoms with Gasteiger partial charge in [0.15, 0.2) is 0 Å². The van der Waals surface area contributed by atoms with E-state index < -0.39 is 5.97 Å². The Bertz CT molecular complexity index is 291. The Labute approximate surface area is 102 Å². The van der Waals surface area contributed by atoms with Crippen molar-refractivity contribution in [3.63, 3.8) is 0 Å². The minimum Gasteiger partial charge on any atom is -0.481 e. The van der Waals surface area contributed by atoms with Gasteiger partial charge in [-0.25, -0.2) is 0 Å². The minimum absolute atomic E-state index is 0.0538. The first-order chi connectivity index (χ1) is 7.91. The summed E-state index contributed by atoms with van der Waals surface area (Å²) in [4.78, 5) is 26.5. The zero-order valence-electron chi connectivity index (χ0n) is 10.8. The molecule has 0 aromatic rings. The lowest BCUT2D eigenvalue weighted by Crippen LogP contribution is -2.56. The highest BCUT2D eigenvalue weighted by Crippen LogP contribution is 2.16. The van der Waals surface area contributed by atoms with Crippen molar-refractivity contribution in [1.29, 1.82) is 0 Å². The van der Waals surface area contributed by atoms with Crippen LogP contribution in [0, 0.1) is 5.92 Å². The van der Waals surface area contributed by atoms with E-state index in [-0.39, 0.29) is 18.4 Å². The van der Waals surface area contributed by atoms with Crippen LogP contribution in [-0.2, 0) is 9.59 Å². The van der Waals surface area contributed by atoms with Crippen LogP contribution in [0.3, 0.4) is 0 Å². The SMILES string of the molecule is CC(C)CN1CCN(C)C(=O)C1CCC(=O)O. The van der Waals surface area contributed by atoms with E-state index >= 15 is 0 Å². The van der Waals surface area contributed by atoms with E-state index in [2.05, 4.69) is 18.7 Å². The standard InChI is InChI=1S/C12H22N2O3/c1-9(2)8-14-7-6-13(3)12(17)10(14)4-5-11(15)16/h9-10H,4-8H2,1-3H3,(H,15,16). The van der Waals surface area contributed by atoms with Crippen LogP contribution < -0.4 is 0 Å². The number of carbonyl (C=O) groups excluding carboxylic acids is 1. The summed E-state index contributed by atoms with van der Waals surface area (Å²) in [6, 6.07) is -0.257. The molecule has 0 spiro atoms. The average Bonchev–Trinajstić information content (AvgIpc) is 2.22. The predicted molar refractivity (Wildman–Crippen MR) is 64.7 cm³/mol. The summed E-state index contributed by atoms with van der Waals surface area (Å²) in [5.74, 6) is -0.299. The van der Waals surface area contributed by atoms with Gasteiger partial charge in [-0.15, -0.1) is 0 Å². The van der Waals surface area contributed by atoms with Crippen molar-refractivity contribution in [2.45, 2.75) is 32.7 Å². The lowest BCUT2D eigenvalue weighted by Gasteiger charge is -2.39. The number of nitrogens with zero attached hydrogens (tertiary/aromatic N) is 2. The normalized spacial score (nSPS) is 22.2. The summed E-state index contributed by atoms with van der Waals surface area (Å²) in [5, 5.41) is 8.72. The molecule has 1 aliphatic heterocycles. The van der Waals surface area contributed by atoms with Crippen LogP contribution in [0.4, 0.5) is 0 Å². The van der Waals surface area contributed by atoms with Crippen molar-refractivity contribution < 1.29 is 14.7 Å². The molecule has 0 aromatic carbocycles. The molecular formula is C12H22N2O3. The van der Waals surface area contributed by atoms with Crippen LogP contribution in [0.25, 0.3) is 0 Å². The van der Waals surface area contributed by atoms with Gasteiger partial charge in [-0.05, 0) is 12.3 Å². The average molecular weight is 242 g/mol. The van der Waals surface area contributed by atoms with Gasteiger partial charge in [0, 0.05) is 33.1 Å². The fourth-order valence-electron chi connectivity index (χ4n) is 2.21. The van der Waals surface area contributed by atoms with Gasteiger partial charge in [-0.1, -0.05) is 13.8 Å². The zero-order chi connectivity index (χ0) is 13.0. The molecule has 1 amide bonds. The molecule has 1 fully saturated rings. The van der Waals surface area contributed by atoms with Gasteiger partial charge < -0.3 is 10.0 Å². The highest BCUT2D eigenvalue weighted by molar-refractivity contribution is 5.83. The third kappa shape index (κ3) is 4.00. The van der Waals surface area contributed by atoms with Crippen molar-refractivity contribution >= 4 is 11.9 Å². The van der Waals surface area contributed by atoms with Gasteiger partial charge in [0.25, 0.3) is 0 Å². The Balaban J connectivity index is 2.66. The number of rotatable bonds is 5. The van der Waals surface area contributed by atoms with Crippen LogP contribution >= 0.6 is 0 Å². The van der Waals surface area contributed by atoms with E-state index in [9.17, 15) is 9.59 Å². The van der Waals surface area contributed by atoms with Crippen LogP contribution in [0.1, 0.15) is 26.7 Å². The van der Waals surface area contributed by atoms with Crippen LogP contribution in [-0.4, -0.2) is 59.5 Å². The Morgan fingerprint density at radius 2 is 2.12 bits per heavy atom. The number of carboxylic acids is 1. The predicted octanol–water partition coefficient (Wildman–Crippen LogP) is 0.650. The molecule has 1 N–H and O–H groups in total. The van der Waals surface area contributed by atoms with Gasteiger partial charge in [0.1, 0.15) is 0 Å². The zero-order valence-corrected chi connectivity index (χ0v) is 10.8. The maximum atomic E-state index is 12.0. The molecule has 0 radical (unpaired) electrons. The van der Waals surface area contributed by atoms with Crippen LogP contribution in [0.15, 0.2) is 0 Å². The Hall–Kier alpha value is -1.10. The van der Waals surface area contributed by atoms with Crippen LogP contribution in [0.5, 0.6) is 0 Å². The molecule has 1 aliphatic rings. The first kappa shape index (κ1) is 14.0. The number of piperazine rings is 1. The molecule has 98 valence electrons. The fourth-order valence-corrected chi connectivity index (χ4v) is 2.21. The summed E-state index contributed by atoms with van der Waals surface area (Å²) in [6.07, 6.45) is 0.462. The molecule has 5 heteroatoms. The van der Waals surface area contributed by atoms with E-state index in [1.54, 1.807) is 11.9 Å². The molecule has 5 nitrogen and oxygen atoms in total. The third-order valence-electron chi connectivity index (χ3n) is 3.06. The molecule has 0 aromatic heterocycles. The highest BCUT2D eigenvalue weighted by atomic mass is 16.4. The number of hydrogen-bond acceptors (Lipinski definition) is 3. The van der Waals surface area contributed by atoms with E-state index in [1.165, 1.54) is 0 Å². The second kappa shape index (κ2) is 6.00. The first-order valence-electron chi connectivity index (χ1n) is 6.12. The second-order valence-electron chi connectivity index (χ2n) is 5.10. The molecule has 1 saturated heterocycles. The molecule has 1 heterocycles. The van der Waals surface area contributed by atoms with Gasteiger partial charge in [0.2, 0.25) is 5.91 Å². The summed E-state index contributed by atoms with van der Waals surface area (Å²) in [7, 11) is 1.78. The summed E-state index contributed by atoms with van der Waals surface area (Å²) in [6.45, 7) is 6.64. The fraction of sp³-hybridized carbons (Fsp3) is 0.833. The summed E-state index contributed by atoms with van der Waals surface area (Å²) in [5.41, 5.74) is 0. The van der Waals surface area contributed by atoms with Crippen molar-refractivity contribution in [2.75, 3.05) is 26.7 Å². The smallest absolute Gasteiger partial charge is 0.303 e. The number of aliphatic carboxylic acids is 1. The molecule has 1 rings (SSSR count). The number of hydrogen-bond donors (Lipinski definition) is 1. The van der Waals surface area contributed by atoms with E-state index in [0.717, 1.165) is 19.6 Å². The largest absolute Gasteiger partial charge is 0.481 e. The molecule has 0 saturated carbocycles. The molecule has 1 atom stereocenters. The maximum Gasteiger partial charge on any atom is 0.303 e. The summed E-state index contributed by atoms with van der Waals surface area (Å²) >= 11 is 0. The molecule has 0 aliphatic carbocycles. The van der Waals surface area contributed by atoms with Crippen molar-refractivity contribution in [2.24, 2.45) is 5.92 Å². The van der Waals surface area contributed by atoms with E-state index in [0.29, 0.717) is 12.3 Å². The van der Waals surface area contributed by atoms with E-state index in [4.69, 9.17) is 5.11 Å². The molecular weight excluding hydrogens is 220 g/mol. The molecule has 17 heavy (non-hydrogen) atoms. The van der Waals surface area contributed by atoms with Crippen molar-refractivity contribution in [1.82, 2.24) is 9.80 Å². The second-order valence-corrected chi connectivity index (χ2v) is 5.10. The van der Waals surface area contributed by atoms with Crippen molar-refractivity contribution in [3.05, 3.63) is 0 Å². The number of carboxylic acid groups (broad SMARTS) is 1. The highest BCUT2D eigenvalue weighted by Gasteiger charge is 2.33. The number of amides is 1. The van der Waals surface area contributed by atoms with Crippen molar-refractivity contribution in [3.8, 4) is 0 Å². The Morgan fingerprint density at radius 1 is 1.47 bits per heavy atom. The minimum atomic E-state index is -0.837. The van der Waals surface area contributed by atoms with E-state index in [1.807, 2.05) is 0 Å². The maximum absolute atomic E-state index is 12.0. The van der Waals surface area contributed by atoms with Gasteiger partial charge in [-0.3, -0.25) is 14.5 Å². The van der Waals surface area contributed by atoms with Gasteiger partial charge >= 0.3 is 5.97 Å². The molecule has 1 unspecified atom stereocenters. The third-order valence-corrected chi connectivity index (χ3v) is 3.06. The Morgan fingerprint density at radius 3 is 2.65 bits per heavy atom.